The molecule has 11 atom stereocenters. The lowest BCUT2D eigenvalue weighted by atomic mass is 9.80. The van der Waals surface area contributed by atoms with E-state index in [9.17, 15) is 38.7 Å². The molecule has 0 aromatic rings. The fraction of sp³-hybridized carbons (Fsp3) is 0.558. The molecule has 5 aliphatic rings. The third-order valence-corrected chi connectivity index (χ3v) is 11.6. The average molecular weight is 825 g/mol. The molecule has 11 unspecified atom stereocenters. The number of fused-ring (bicyclic) bond motifs is 4. The summed E-state index contributed by atoms with van der Waals surface area (Å²) in [6.07, 6.45) is -1.24. The van der Waals surface area contributed by atoms with Crippen molar-refractivity contribution in [2.45, 2.75) is 135 Å². The fourth-order valence-electron chi connectivity index (χ4n) is 7.71. The van der Waals surface area contributed by atoms with Crippen LogP contribution in [-0.2, 0) is 71.5 Å². The molecule has 5 rings (SSSR count). The van der Waals surface area contributed by atoms with Gasteiger partial charge in [0.05, 0.1) is 30.1 Å². The Hall–Kier alpha value is -5.35. The third kappa shape index (κ3) is 9.28. The van der Waals surface area contributed by atoms with Crippen molar-refractivity contribution in [2.75, 3.05) is 7.11 Å². The van der Waals surface area contributed by atoms with E-state index in [4.69, 9.17) is 37.9 Å². The highest BCUT2D eigenvalue weighted by atomic mass is 16.7. The first kappa shape index (κ1) is 44.7. The molecule has 3 aliphatic heterocycles. The van der Waals surface area contributed by atoms with E-state index in [0.29, 0.717) is 19.3 Å². The molecule has 0 spiro atoms. The average Bonchev–Trinajstić information content (AvgIpc) is 3.64. The molecular formula is C43H52O16. The van der Waals surface area contributed by atoms with Crippen molar-refractivity contribution < 1.29 is 76.6 Å². The minimum Gasteiger partial charge on any atom is -0.466 e. The molecule has 0 aromatic carbocycles. The van der Waals surface area contributed by atoms with Crippen LogP contribution in [0.5, 0.6) is 0 Å². The molecule has 320 valence electrons. The van der Waals surface area contributed by atoms with Crippen LogP contribution in [0.3, 0.4) is 0 Å². The lowest BCUT2D eigenvalue weighted by molar-refractivity contribution is -0.196. The zero-order chi connectivity index (χ0) is 43.7. The number of methoxy groups -OCH3 is 1. The summed E-state index contributed by atoms with van der Waals surface area (Å²) in [4.78, 5) is 92.8. The molecule has 16 nitrogen and oxygen atoms in total. The van der Waals surface area contributed by atoms with Gasteiger partial charge in [-0.25, -0.2) is 28.8 Å². The predicted molar refractivity (Wildman–Crippen MR) is 204 cm³/mol. The molecule has 0 aromatic heterocycles. The minimum atomic E-state index is -2.62. The predicted octanol–water partition coefficient (Wildman–Crippen LogP) is 3.69. The summed E-state index contributed by atoms with van der Waals surface area (Å²) in [6.45, 7) is 17.9. The van der Waals surface area contributed by atoms with Crippen LogP contribution in [0.2, 0.25) is 0 Å². The number of aliphatic hydroxyl groups is 1. The minimum absolute atomic E-state index is 0.0147. The molecule has 3 fully saturated rings. The molecular weight excluding hydrogens is 772 g/mol. The molecule has 0 saturated carbocycles. The maximum Gasteiger partial charge on any atom is 0.342 e. The van der Waals surface area contributed by atoms with Crippen LogP contribution in [-0.4, -0.2) is 108 Å². The molecule has 0 radical (unpaired) electrons. The van der Waals surface area contributed by atoms with Crippen molar-refractivity contribution in [3.8, 4) is 0 Å². The van der Waals surface area contributed by atoms with Crippen molar-refractivity contribution in [2.24, 2.45) is 11.8 Å². The zero-order valence-corrected chi connectivity index (χ0v) is 34.5. The number of carbonyl (C=O) groups excluding carboxylic acids is 7. The number of ether oxygens (including phenoxy) is 8. The highest BCUT2D eigenvalue weighted by Gasteiger charge is 2.65. The van der Waals surface area contributed by atoms with E-state index in [1.165, 1.54) is 13.0 Å². The quantitative estimate of drug-likeness (QED) is 0.115. The maximum absolute atomic E-state index is 14.2. The van der Waals surface area contributed by atoms with Gasteiger partial charge in [0.2, 0.25) is 0 Å². The summed E-state index contributed by atoms with van der Waals surface area (Å²) in [7, 11) is 1.11. The van der Waals surface area contributed by atoms with Gasteiger partial charge < -0.3 is 43.0 Å². The summed E-state index contributed by atoms with van der Waals surface area (Å²) < 4.78 is 45.4. The third-order valence-electron chi connectivity index (χ3n) is 11.6. The van der Waals surface area contributed by atoms with Gasteiger partial charge in [-0.1, -0.05) is 37.0 Å². The standard InChI is InChI=1S/C43H52O16/c1-11-21(3)36(45)55-29-19-26(15-12-14-20(2)18-28-30(29)22(4)37(46)56-28)39(48)53-24(6)43(9,51)41(50)58-33-31-23(5)38(47)57-34(31)35-42(8,59-35)17-13-16-27(40(49)52-10)32(33)54-25(7)44/h11,15-16,18,24,28-35,51H,4-5,12-14,17,19H2,1-3,6-10H3. The summed E-state index contributed by atoms with van der Waals surface area (Å²) in [5, 5.41) is 11.8. The Morgan fingerprint density at radius 2 is 1.64 bits per heavy atom. The first-order valence-electron chi connectivity index (χ1n) is 19.4. The van der Waals surface area contributed by atoms with Crippen LogP contribution in [0.25, 0.3) is 0 Å². The number of allylic oxidation sites excluding steroid dienone is 4. The van der Waals surface area contributed by atoms with E-state index < -0.39 is 108 Å². The van der Waals surface area contributed by atoms with Crippen LogP contribution in [0, 0.1) is 11.8 Å². The van der Waals surface area contributed by atoms with Crippen molar-refractivity contribution in [1.82, 2.24) is 0 Å². The van der Waals surface area contributed by atoms with Gasteiger partial charge in [-0.2, -0.15) is 0 Å². The Kier molecular flexibility index (Phi) is 13.3. The van der Waals surface area contributed by atoms with Gasteiger partial charge in [-0.15, -0.1) is 0 Å². The van der Waals surface area contributed by atoms with Crippen LogP contribution >= 0.6 is 0 Å². The molecule has 1 N–H and O–H groups in total. The van der Waals surface area contributed by atoms with Crippen molar-refractivity contribution in [3.63, 3.8) is 0 Å². The van der Waals surface area contributed by atoms with Gasteiger partial charge in [-0.3, -0.25) is 4.79 Å². The van der Waals surface area contributed by atoms with Crippen LogP contribution < -0.4 is 0 Å². The number of carbonyl (C=O) groups is 7. The first-order valence-corrected chi connectivity index (χ1v) is 19.4. The summed E-state index contributed by atoms with van der Waals surface area (Å²) in [5.74, 6) is -8.48. The maximum atomic E-state index is 14.2. The normalized spacial score (nSPS) is 32.4. The Labute approximate surface area is 342 Å². The number of epoxide rings is 1. The summed E-state index contributed by atoms with van der Waals surface area (Å²) in [6, 6.07) is 0. The monoisotopic (exact) mass is 824 g/mol. The Morgan fingerprint density at radius 3 is 2.29 bits per heavy atom. The van der Waals surface area contributed by atoms with E-state index in [2.05, 4.69) is 13.2 Å². The van der Waals surface area contributed by atoms with Gasteiger partial charge >= 0.3 is 41.8 Å². The smallest absolute Gasteiger partial charge is 0.342 e. The van der Waals surface area contributed by atoms with Crippen molar-refractivity contribution >= 4 is 41.8 Å². The second-order valence-electron chi connectivity index (χ2n) is 15.9. The number of hydrogen-bond donors (Lipinski definition) is 1. The van der Waals surface area contributed by atoms with Gasteiger partial charge in [0.25, 0.3) is 0 Å². The van der Waals surface area contributed by atoms with Crippen molar-refractivity contribution in [3.05, 3.63) is 70.9 Å². The Bertz CT molecular complexity index is 1950. The Balaban J connectivity index is 1.46. The van der Waals surface area contributed by atoms with Crippen LogP contribution in [0.15, 0.2) is 70.9 Å². The second kappa shape index (κ2) is 17.5. The molecule has 3 saturated heterocycles. The van der Waals surface area contributed by atoms with E-state index in [1.807, 2.05) is 6.92 Å². The van der Waals surface area contributed by atoms with Crippen molar-refractivity contribution in [1.29, 1.82) is 0 Å². The van der Waals surface area contributed by atoms with Gasteiger partial charge in [0.1, 0.15) is 30.5 Å². The number of hydrogen-bond acceptors (Lipinski definition) is 16. The summed E-state index contributed by atoms with van der Waals surface area (Å²) in [5.41, 5.74) is -2.62. The van der Waals surface area contributed by atoms with E-state index in [0.717, 1.165) is 26.5 Å². The highest BCUT2D eigenvalue weighted by molar-refractivity contribution is 5.94. The molecule has 2 aliphatic carbocycles. The van der Waals surface area contributed by atoms with Crippen LogP contribution in [0.1, 0.15) is 80.6 Å². The van der Waals surface area contributed by atoms with E-state index >= 15 is 0 Å². The lowest BCUT2D eigenvalue weighted by Crippen LogP contribution is -2.54. The molecule has 3 heterocycles. The highest BCUT2D eigenvalue weighted by Crippen LogP contribution is 2.51. The zero-order valence-electron chi connectivity index (χ0n) is 34.5. The Morgan fingerprint density at radius 1 is 0.983 bits per heavy atom. The lowest BCUT2D eigenvalue weighted by Gasteiger charge is -2.36. The van der Waals surface area contributed by atoms with Gasteiger partial charge in [0, 0.05) is 35.6 Å². The summed E-state index contributed by atoms with van der Waals surface area (Å²) >= 11 is 0. The van der Waals surface area contributed by atoms with Crippen LogP contribution in [0.4, 0.5) is 0 Å². The molecule has 0 amide bonds. The largest absolute Gasteiger partial charge is 0.466 e. The topological polar surface area (TPSA) is 217 Å². The molecule has 16 heteroatoms. The SMILES string of the molecule is C=C1C(=O)OC2C=C(C)CCC=C(C(=O)OC(C)C(C)(O)C(=O)OC3C(OC(C)=O)C(C(=O)OC)=CCCC4(C)OC4C4OC(=O)C(=C)C34)CC(OC(=O)C(C)=CC)C12. The second-order valence-corrected chi connectivity index (χ2v) is 15.9. The van der Waals surface area contributed by atoms with E-state index in [-0.39, 0.29) is 40.7 Å². The molecule has 59 heavy (non-hydrogen) atoms. The molecule has 0 bridgehead atoms. The van der Waals surface area contributed by atoms with E-state index in [1.54, 1.807) is 39.0 Å². The fourth-order valence-corrected chi connectivity index (χ4v) is 7.71. The van der Waals surface area contributed by atoms with Gasteiger partial charge in [0.15, 0.2) is 17.8 Å². The number of rotatable bonds is 9. The van der Waals surface area contributed by atoms with Gasteiger partial charge in [-0.05, 0) is 73.3 Å². The first-order chi connectivity index (χ1) is 27.6. The number of esters is 7.